The van der Waals surface area contributed by atoms with Crippen molar-refractivity contribution in [2.45, 2.75) is 213 Å². The van der Waals surface area contributed by atoms with Crippen LogP contribution < -0.4 is 0 Å². The highest BCUT2D eigenvalue weighted by atomic mass is 16.6. The minimum Gasteiger partial charge on any atom is -0.463 e. The van der Waals surface area contributed by atoms with Gasteiger partial charge in [-0.25, -0.2) is 0 Å². The van der Waals surface area contributed by atoms with Crippen LogP contribution in [0.15, 0.2) is 0 Å². The predicted molar refractivity (Wildman–Crippen MR) is 182 cm³/mol. The Balaban J connectivity index is 3.50. The van der Waals surface area contributed by atoms with Gasteiger partial charge < -0.3 is 14.6 Å². The Bertz CT molecular complexity index is 593. The molecule has 0 aromatic rings. The second kappa shape index (κ2) is 33.8. The summed E-state index contributed by atoms with van der Waals surface area (Å²) in [6.07, 6.45) is 35.3. The van der Waals surface area contributed by atoms with Gasteiger partial charge in [0.05, 0.1) is 5.92 Å². The molecule has 0 rings (SSSR count). The summed E-state index contributed by atoms with van der Waals surface area (Å²) >= 11 is 0. The van der Waals surface area contributed by atoms with E-state index in [2.05, 4.69) is 13.8 Å². The van der Waals surface area contributed by atoms with Crippen molar-refractivity contribution < 1.29 is 24.2 Å². The summed E-state index contributed by atoms with van der Waals surface area (Å²) < 4.78 is 10.4. The van der Waals surface area contributed by atoms with Crippen LogP contribution in [0.1, 0.15) is 207 Å². The smallest absolute Gasteiger partial charge is 0.308 e. The fourth-order valence-electron chi connectivity index (χ4n) is 5.68. The molecule has 5 heteroatoms. The first-order chi connectivity index (χ1) is 21.0. The van der Waals surface area contributed by atoms with Gasteiger partial charge in [0, 0.05) is 6.42 Å². The molecule has 1 N–H and O–H groups in total. The number of aliphatic hydroxyl groups excluding tert-OH is 1. The third kappa shape index (κ3) is 32.1. The first-order valence-electron chi connectivity index (χ1n) is 19.0. The van der Waals surface area contributed by atoms with Gasteiger partial charge in [0.25, 0.3) is 0 Å². The summed E-state index contributed by atoms with van der Waals surface area (Å²) in [5.41, 5.74) is 0. The van der Waals surface area contributed by atoms with Gasteiger partial charge in [0.2, 0.25) is 0 Å². The molecule has 5 nitrogen and oxygen atoms in total. The normalized spacial score (nSPS) is 12.7. The lowest BCUT2D eigenvalue weighted by Crippen LogP contribution is -2.27. The highest BCUT2D eigenvalue weighted by Gasteiger charge is 2.17. The standard InChI is InChI=1S/C38H74O5/c1-4-6-8-10-12-14-16-18-20-21-23-25-27-29-31-35(3)38(41)43-34-36(39)33-42-37(40)32-30-28-26-24-22-19-17-15-13-11-9-7-5-2/h35-36,39H,4-34H2,1-3H3. The summed E-state index contributed by atoms with van der Waals surface area (Å²) in [4.78, 5) is 24.2. The van der Waals surface area contributed by atoms with Crippen molar-refractivity contribution in [3.8, 4) is 0 Å². The molecule has 0 aliphatic heterocycles. The van der Waals surface area contributed by atoms with E-state index in [1.807, 2.05) is 6.92 Å². The Labute approximate surface area is 268 Å². The number of hydrogen-bond donors (Lipinski definition) is 1. The minimum atomic E-state index is -0.965. The molecular weight excluding hydrogens is 536 g/mol. The SMILES string of the molecule is CCCCCCCCCCCCCCCCC(C)C(=O)OCC(O)COC(=O)CCCCCCCCCCCCCCC. The maximum atomic E-state index is 12.3. The molecule has 0 radical (unpaired) electrons. The van der Waals surface area contributed by atoms with Gasteiger partial charge in [0.1, 0.15) is 19.3 Å². The molecular formula is C38H74O5. The van der Waals surface area contributed by atoms with Crippen molar-refractivity contribution in [2.24, 2.45) is 5.92 Å². The van der Waals surface area contributed by atoms with E-state index in [1.54, 1.807) is 0 Å². The van der Waals surface area contributed by atoms with Crippen LogP contribution in [-0.2, 0) is 19.1 Å². The number of ether oxygens (including phenoxy) is 2. The van der Waals surface area contributed by atoms with Gasteiger partial charge >= 0.3 is 11.9 Å². The zero-order valence-corrected chi connectivity index (χ0v) is 29.2. The van der Waals surface area contributed by atoms with Gasteiger partial charge in [-0.3, -0.25) is 9.59 Å². The number of carbonyl (C=O) groups is 2. The van der Waals surface area contributed by atoms with Crippen LogP contribution in [0, 0.1) is 5.92 Å². The van der Waals surface area contributed by atoms with Gasteiger partial charge in [-0.05, 0) is 12.8 Å². The Kier molecular flexibility index (Phi) is 32.9. The zero-order valence-electron chi connectivity index (χ0n) is 29.2. The van der Waals surface area contributed by atoms with Gasteiger partial charge in [-0.15, -0.1) is 0 Å². The fourth-order valence-corrected chi connectivity index (χ4v) is 5.68. The van der Waals surface area contributed by atoms with Crippen LogP contribution in [0.25, 0.3) is 0 Å². The molecule has 0 fully saturated rings. The second-order valence-corrected chi connectivity index (χ2v) is 13.2. The summed E-state index contributed by atoms with van der Waals surface area (Å²) in [5.74, 6) is -0.714. The van der Waals surface area contributed by atoms with Crippen LogP contribution in [0.4, 0.5) is 0 Å². The number of rotatable bonds is 34. The first kappa shape index (κ1) is 41.9. The van der Waals surface area contributed by atoms with Crippen molar-refractivity contribution >= 4 is 11.9 Å². The number of hydrogen-bond acceptors (Lipinski definition) is 5. The van der Waals surface area contributed by atoms with Crippen molar-refractivity contribution in [3.63, 3.8) is 0 Å². The fraction of sp³-hybridized carbons (Fsp3) is 0.947. The van der Waals surface area contributed by atoms with Crippen LogP contribution in [0.5, 0.6) is 0 Å². The molecule has 0 spiro atoms. The maximum absolute atomic E-state index is 12.3. The molecule has 0 amide bonds. The van der Waals surface area contributed by atoms with Crippen LogP contribution >= 0.6 is 0 Å². The van der Waals surface area contributed by atoms with Crippen molar-refractivity contribution in [1.29, 1.82) is 0 Å². The van der Waals surface area contributed by atoms with E-state index in [4.69, 9.17) is 9.47 Å². The summed E-state index contributed by atoms with van der Waals surface area (Å²) in [6, 6.07) is 0. The van der Waals surface area contributed by atoms with E-state index >= 15 is 0 Å². The number of carbonyl (C=O) groups excluding carboxylic acids is 2. The predicted octanol–water partition coefficient (Wildman–Crippen LogP) is 11.4. The van der Waals surface area contributed by atoms with Crippen molar-refractivity contribution in [3.05, 3.63) is 0 Å². The van der Waals surface area contributed by atoms with E-state index in [0.29, 0.717) is 6.42 Å². The van der Waals surface area contributed by atoms with Crippen LogP contribution in [-0.4, -0.2) is 36.4 Å². The quantitative estimate of drug-likeness (QED) is 0.0579. The molecule has 43 heavy (non-hydrogen) atoms. The molecule has 0 saturated heterocycles. The molecule has 0 heterocycles. The van der Waals surface area contributed by atoms with E-state index in [-0.39, 0.29) is 31.1 Å². The number of aliphatic hydroxyl groups is 1. The largest absolute Gasteiger partial charge is 0.463 e. The molecule has 2 atom stereocenters. The van der Waals surface area contributed by atoms with Gasteiger partial charge in [-0.2, -0.15) is 0 Å². The molecule has 0 aromatic carbocycles. The molecule has 2 unspecified atom stereocenters. The zero-order chi connectivity index (χ0) is 31.6. The average molecular weight is 611 g/mol. The summed E-state index contributed by atoms with van der Waals surface area (Å²) in [5, 5.41) is 10.1. The topological polar surface area (TPSA) is 72.8 Å². The van der Waals surface area contributed by atoms with Crippen molar-refractivity contribution in [2.75, 3.05) is 13.2 Å². The monoisotopic (exact) mass is 611 g/mol. The lowest BCUT2D eigenvalue weighted by atomic mass is 10.0. The van der Waals surface area contributed by atoms with Crippen LogP contribution in [0.3, 0.4) is 0 Å². The van der Waals surface area contributed by atoms with Gasteiger partial charge in [0.15, 0.2) is 0 Å². The molecule has 0 aliphatic carbocycles. The average Bonchev–Trinajstić information content (AvgIpc) is 3.01. The molecule has 0 bridgehead atoms. The third-order valence-corrected chi connectivity index (χ3v) is 8.73. The highest BCUT2D eigenvalue weighted by molar-refractivity contribution is 5.72. The molecule has 0 saturated carbocycles. The Morgan fingerprint density at radius 1 is 0.488 bits per heavy atom. The third-order valence-electron chi connectivity index (χ3n) is 8.73. The second-order valence-electron chi connectivity index (χ2n) is 13.2. The van der Waals surface area contributed by atoms with E-state index in [1.165, 1.54) is 148 Å². The molecule has 0 aromatic heterocycles. The molecule has 0 aliphatic rings. The summed E-state index contributed by atoms with van der Waals surface area (Å²) in [6.45, 7) is 6.20. The molecule has 256 valence electrons. The maximum Gasteiger partial charge on any atom is 0.308 e. The lowest BCUT2D eigenvalue weighted by molar-refractivity contribution is -0.155. The Morgan fingerprint density at radius 2 is 0.814 bits per heavy atom. The lowest BCUT2D eigenvalue weighted by Gasteiger charge is -2.15. The Hall–Kier alpha value is -1.10. The van der Waals surface area contributed by atoms with Crippen molar-refractivity contribution in [1.82, 2.24) is 0 Å². The van der Waals surface area contributed by atoms with E-state index in [9.17, 15) is 14.7 Å². The number of esters is 2. The Morgan fingerprint density at radius 3 is 1.21 bits per heavy atom. The van der Waals surface area contributed by atoms with Gasteiger partial charge in [-0.1, -0.05) is 188 Å². The number of unbranched alkanes of at least 4 members (excludes halogenated alkanes) is 25. The van der Waals surface area contributed by atoms with E-state index in [0.717, 1.165) is 32.1 Å². The summed E-state index contributed by atoms with van der Waals surface area (Å²) in [7, 11) is 0. The first-order valence-corrected chi connectivity index (χ1v) is 19.0. The minimum absolute atomic E-state index is 0.113. The highest BCUT2D eigenvalue weighted by Crippen LogP contribution is 2.16. The van der Waals surface area contributed by atoms with E-state index < -0.39 is 6.10 Å². The van der Waals surface area contributed by atoms with Crippen LogP contribution in [0.2, 0.25) is 0 Å².